The van der Waals surface area contributed by atoms with Crippen LogP contribution in [0.3, 0.4) is 0 Å². The van der Waals surface area contributed by atoms with Crippen LogP contribution in [0.15, 0.2) is 42.5 Å². The van der Waals surface area contributed by atoms with Crippen molar-refractivity contribution in [1.82, 2.24) is 5.32 Å². The summed E-state index contributed by atoms with van der Waals surface area (Å²) in [5.74, 6) is -0.988. The van der Waals surface area contributed by atoms with Crippen LogP contribution in [0.2, 0.25) is 0 Å². The van der Waals surface area contributed by atoms with Gasteiger partial charge in [-0.2, -0.15) is 0 Å². The van der Waals surface area contributed by atoms with E-state index >= 15 is 0 Å². The number of carbonyl (C=O) groups excluding carboxylic acids is 2. The van der Waals surface area contributed by atoms with Crippen LogP contribution in [0.4, 0.5) is 11.4 Å². The lowest BCUT2D eigenvalue weighted by Crippen LogP contribution is -2.44. The number of fused-ring (bicyclic) bond motifs is 1. The summed E-state index contributed by atoms with van der Waals surface area (Å²) in [6.45, 7) is 1.87. The van der Waals surface area contributed by atoms with Gasteiger partial charge in [0.05, 0.1) is 22.9 Å². The van der Waals surface area contributed by atoms with Crippen LogP contribution < -0.4 is 16.0 Å². The van der Waals surface area contributed by atoms with Gasteiger partial charge in [0.2, 0.25) is 5.91 Å². The van der Waals surface area contributed by atoms with Gasteiger partial charge in [-0.05, 0) is 49.1 Å². The van der Waals surface area contributed by atoms with Gasteiger partial charge < -0.3 is 16.0 Å². The van der Waals surface area contributed by atoms with E-state index in [9.17, 15) is 18.0 Å². The fourth-order valence-corrected chi connectivity index (χ4v) is 6.35. The molecule has 34 heavy (non-hydrogen) atoms. The van der Waals surface area contributed by atoms with Crippen molar-refractivity contribution in [2.24, 2.45) is 0 Å². The molecule has 1 aliphatic carbocycles. The molecular weight excluding hydrogens is 450 g/mol. The van der Waals surface area contributed by atoms with E-state index in [-0.39, 0.29) is 23.5 Å². The molecule has 0 saturated heterocycles. The maximum Gasteiger partial charge on any atom is 0.251 e. The molecule has 1 saturated carbocycles. The second-order valence-corrected chi connectivity index (χ2v) is 11.6. The minimum atomic E-state index is -3.52. The summed E-state index contributed by atoms with van der Waals surface area (Å²) in [6, 6.07) is 11.7. The number of carbonyl (C=O) groups is 2. The molecule has 2 amide bonds. The average Bonchev–Trinajstić information content (AvgIpc) is 2.77. The summed E-state index contributed by atoms with van der Waals surface area (Å²) in [7, 11) is -3.52. The third kappa shape index (κ3) is 6.17. The number of aryl methyl sites for hydroxylation is 1. The highest BCUT2D eigenvalue weighted by atomic mass is 32.2. The van der Waals surface area contributed by atoms with Gasteiger partial charge in [0.15, 0.2) is 9.84 Å². The van der Waals surface area contributed by atoms with E-state index in [1.807, 2.05) is 25.1 Å². The number of hydrogen-bond acceptors (Lipinski definition) is 5. The van der Waals surface area contributed by atoms with Gasteiger partial charge in [-0.15, -0.1) is 0 Å². The highest BCUT2D eigenvalue weighted by Gasteiger charge is 2.31. The van der Waals surface area contributed by atoms with E-state index in [2.05, 4.69) is 16.0 Å². The van der Waals surface area contributed by atoms with Gasteiger partial charge in [0.25, 0.3) is 5.91 Å². The molecule has 1 fully saturated rings. The molecule has 0 spiro atoms. The predicted octanol–water partition coefficient (Wildman–Crippen LogP) is 4.19. The standard InChI is InChI=1S/C26H33N3O4S/c1-18-9-7-8-10-20(18)16-34(32,33)17-24-26(31)29-23-15-19(13-14-22(23)28-24)25(30)27-21-11-5-3-2-4-6-12-21/h7-10,13-15,21,24,28H,2-6,11-12,16-17H2,1H3,(H,27,30)(H,29,31). The maximum absolute atomic E-state index is 12.8. The molecule has 8 heteroatoms. The molecule has 4 rings (SSSR count). The number of rotatable bonds is 6. The van der Waals surface area contributed by atoms with Crippen LogP contribution in [0, 0.1) is 6.92 Å². The van der Waals surface area contributed by atoms with Gasteiger partial charge in [-0.1, -0.05) is 56.4 Å². The minimum Gasteiger partial charge on any atom is -0.371 e. The fraction of sp³-hybridized carbons (Fsp3) is 0.462. The Hall–Kier alpha value is -2.87. The summed E-state index contributed by atoms with van der Waals surface area (Å²) in [5, 5.41) is 8.96. The number of anilines is 2. The molecule has 2 aliphatic rings. The van der Waals surface area contributed by atoms with Gasteiger partial charge in [-0.25, -0.2) is 8.42 Å². The summed E-state index contributed by atoms with van der Waals surface area (Å²) < 4.78 is 25.6. The Morgan fingerprint density at radius 2 is 1.71 bits per heavy atom. The molecule has 7 nitrogen and oxygen atoms in total. The van der Waals surface area contributed by atoms with Crippen molar-refractivity contribution in [3.8, 4) is 0 Å². The Bertz CT molecular complexity index is 1150. The first-order valence-corrected chi connectivity index (χ1v) is 13.9. The molecular formula is C26H33N3O4S. The number of benzene rings is 2. The van der Waals surface area contributed by atoms with Gasteiger partial charge in [0.1, 0.15) is 6.04 Å². The third-order valence-electron chi connectivity index (χ3n) is 6.68. The number of amides is 2. The molecule has 1 aliphatic heterocycles. The summed E-state index contributed by atoms with van der Waals surface area (Å²) in [4.78, 5) is 25.5. The molecule has 2 aromatic carbocycles. The largest absolute Gasteiger partial charge is 0.371 e. The third-order valence-corrected chi connectivity index (χ3v) is 8.28. The zero-order valence-electron chi connectivity index (χ0n) is 19.6. The zero-order chi connectivity index (χ0) is 24.1. The highest BCUT2D eigenvalue weighted by Crippen LogP contribution is 2.29. The second kappa shape index (κ2) is 10.6. The van der Waals surface area contributed by atoms with E-state index in [1.165, 1.54) is 19.3 Å². The maximum atomic E-state index is 12.8. The van der Waals surface area contributed by atoms with Crippen molar-refractivity contribution in [2.45, 2.75) is 69.7 Å². The lowest BCUT2D eigenvalue weighted by Gasteiger charge is -2.27. The molecule has 1 heterocycles. The monoisotopic (exact) mass is 483 g/mol. The Balaban J connectivity index is 1.40. The van der Waals surface area contributed by atoms with Crippen LogP contribution in [0.1, 0.15) is 66.4 Å². The van der Waals surface area contributed by atoms with Crippen LogP contribution in [-0.4, -0.2) is 38.1 Å². The Kier molecular flexibility index (Phi) is 7.56. The summed E-state index contributed by atoms with van der Waals surface area (Å²) in [5.41, 5.74) is 3.22. The quantitative estimate of drug-likeness (QED) is 0.572. The molecule has 3 N–H and O–H groups in total. The van der Waals surface area contributed by atoms with Crippen molar-refractivity contribution < 1.29 is 18.0 Å². The van der Waals surface area contributed by atoms with Crippen LogP contribution in [0.25, 0.3) is 0 Å². The Labute approximate surface area is 201 Å². The van der Waals surface area contributed by atoms with Crippen LogP contribution in [-0.2, 0) is 20.4 Å². The minimum absolute atomic E-state index is 0.113. The van der Waals surface area contributed by atoms with E-state index in [0.29, 0.717) is 16.9 Å². The lowest BCUT2D eigenvalue weighted by atomic mass is 9.96. The highest BCUT2D eigenvalue weighted by molar-refractivity contribution is 7.90. The fourth-order valence-electron chi connectivity index (χ4n) is 4.70. The van der Waals surface area contributed by atoms with Crippen LogP contribution >= 0.6 is 0 Å². The van der Waals surface area contributed by atoms with Crippen molar-refractivity contribution in [3.05, 3.63) is 59.2 Å². The smallest absolute Gasteiger partial charge is 0.251 e. The van der Waals surface area contributed by atoms with Gasteiger partial charge in [-0.3, -0.25) is 9.59 Å². The number of sulfone groups is 1. The van der Waals surface area contributed by atoms with E-state index in [4.69, 9.17) is 0 Å². The Morgan fingerprint density at radius 1 is 1.00 bits per heavy atom. The first-order valence-electron chi connectivity index (χ1n) is 12.1. The van der Waals surface area contributed by atoms with Crippen molar-refractivity contribution in [1.29, 1.82) is 0 Å². The van der Waals surface area contributed by atoms with E-state index in [1.54, 1.807) is 24.3 Å². The van der Waals surface area contributed by atoms with Crippen LogP contribution in [0.5, 0.6) is 0 Å². The SMILES string of the molecule is Cc1ccccc1CS(=O)(=O)CC1Nc2ccc(C(=O)NC3CCCCCCC3)cc2NC1=O. The van der Waals surface area contributed by atoms with Crippen molar-refractivity contribution >= 4 is 33.0 Å². The second-order valence-electron chi connectivity index (χ2n) is 9.44. The molecule has 2 aromatic rings. The first-order chi connectivity index (χ1) is 16.3. The van der Waals surface area contributed by atoms with Gasteiger partial charge in [0, 0.05) is 11.6 Å². The number of nitrogens with one attached hydrogen (secondary N) is 3. The molecule has 0 radical (unpaired) electrons. The Morgan fingerprint density at radius 3 is 2.44 bits per heavy atom. The molecule has 1 unspecified atom stereocenters. The van der Waals surface area contributed by atoms with Gasteiger partial charge >= 0.3 is 0 Å². The normalized spacial score (nSPS) is 19.2. The van der Waals surface area contributed by atoms with Crippen molar-refractivity contribution in [2.75, 3.05) is 16.4 Å². The van der Waals surface area contributed by atoms with E-state index < -0.39 is 21.8 Å². The molecule has 1 atom stereocenters. The average molecular weight is 484 g/mol. The van der Waals surface area contributed by atoms with Crippen molar-refractivity contribution in [3.63, 3.8) is 0 Å². The first kappa shape index (κ1) is 24.3. The molecule has 0 aromatic heterocycles. The molecule has 0 bridgehead atoms. The lowest BCUT2D eigenvalue weighted by molar-refractivity contribution is -0.116. The summed E-state index contributed by atoms with van der Waals surface area (Å²) in [6.07, 6.45) is 7.94. The molecule has 182 valence electrons. The summed E-state index contributed by atoms with van der Waals surface area (Å²) >= 11 is 0. The topological polar surface area (TPSA) is 104 Å². The predicted molar refractivity (Wildman–Crippen MR) is 135 cm³/mol. The number of hydrogen-bond donors (Lipinski definition) is 3. The zero-order valence-corrected chi connectivity index (χ0v) is 20.4. The van der Waals surface area contributed by atoms with E-state index in [0.717, 1.165) is 36.8 Å².